The Bertz CT molecular complexity index is 893. The smallest absolute Gasteiger partial charge is 0.0277 e. The van der Waals surface area contributed by atoms with E-state index in [4.69, 9.17) is 0 Å². The average molecular weight is 476 g/mol. The molecule has 1 rings (SSSR count). The summed E-state index contributed by atoms with van der Waals surface area (Å²) in [6, 6.07) is 4.81. The van der Waals surface area contributed by atoms with Crippen molar-refractivity contribution in [1.82, 2.24) is 0 Å². The van der Waals surface area contributed by atoms with Crippen molar-refractivity contribution in [2.24, 2.45) is 16.8 Å². The lowest BCUT2D eigenvalue weighted by atomic mass is 9.78. The number of allylic oxidation sites excluding steroid dienone is 7. The van der Waals surface area contributed by atoms with Crippen molar-refractivity contribution in [3.05, 3.63) is 76.4 Å². The monoisotopic (exact) mass is 475 g/mol. The molecule has 0 radical (unpaired) electrons. The van der Waals surface area contributed by atoms with Crippen LogP contribution in [0.25, 0.3) is 5.57 Å². The fourth-order valence-corrected chi connectivity index (χ4v) is 5.24. The molecule has 0 bridgehead atoms. The number of benzene rings is 1. The van der Waals surface area contributed by atoms with Gasteiger partial charge in [-0.15, -0.1) is 0 Å². The minimum absolute atomic E-state index is 0.568. The molecule has 1 aromatic rings. The number of hydrogen-bond donors (Lipinski definition) is 0. The van der Waals surface area contributed by atoms with Gasteiger partial charge in [0.2, 0.25) is 0 Å². The van der Waals surface area contributed by atoms with E-state index in [9.17, 15) is 0 Å². The zero-order chi connectivity index (χ0) is 26.2. The van der Waals surface area contributed by atoms with Gasteiger partial charge in [0.1, 0.15) is 0 Å². The molecular weight excluding hydrogens is 422 g/mol. The Kier molecular flexibility index (Phi) is 15.3. The van der Waals surface area contributed by atoms with E-state index in [0.29, 0.717) is 11.8 Å². The van der Waals surface area contributed by atoms with Gasteiger partial charge in [-0.3, -0.25) is 4.99 Å². The number of nitrogens with zero attached hydrogens (tertiary/aromatic N) is 1. The maximum Gasteiger partial charge on any atom is 0.0277 e. The third-order valence-electron chi connectivity index (χ3n) is 7.29. The molecule has 0 fully saturated rings. The molecule has 194 valence electrons. The second-order valence-corrected chi connectivity index (χ2v) is 10.4. The van der Waals surface area contributed by atoms with Crippen LogP contribution in [0.2, 0.25) is 0 Å². The summed E-state index contributed by atoms with van der Waals surface area (Å²) in [6.07, 6.45) is 21.7. The van der Waals surface area contributed by atoms with Crippen LogP contribution in [0.3, 0.4) is 0 Å². The fourth-order valence-electron chi connectivity index (χ4n) is 5.24. The Morgan fingerprint density at radius 3 is 2.40 bits per heavy atom. The third kappa shape index (κ3) is 11.0. The minimum Gasteiger partial charge on any atom is -0.296 e. The summed E-state index contributed by atoms with van der Waals surface area (Å²) in [5.74, 6) is 1.25. The molecule has 1 heteroatoms. The molecule has 0 aliphatic carbocycles. The van der Waals surface area contributed by atoms with Crippen LogP contribution in [0, 0.1) is 25.7 Å². The molecule has 2 unspecified atom stereocenters. The van der Waals surface area contributed by atoms with Crippen LogP contribution in [-0.2, 0) is 6.42 Å². The van der Waals surface area contributed by atoms with Gasteiger partial charge >= 0.3 is 0 Å². The summed E-state index contributed by atoms with van der Waals surface area (Å²) in [6.45, 7) is 20.5. The highest BCUT2D eigenvalue weighted by atomic mass is 14.6. The maximum absolute atomic E-state index is 4.60. The molecule has 0 aromatic heterocycles. The zero-order valence-corrected chi connectivity index (χ0v) is 24.2. The molecule has 0 heterocycles. The summed E-state index contributed by atoms with van der Waals surface area (Å²) < 4.78 is 0. The van der Waals surface area contributed by atoms with Crippen molar-refractivity contribution in [2.45, 2.75) is 106 Å². The topological polar surface area (TPSA) is 12.4 Å². The first kappa shape index (κ1) is 30.9. The summed E-state index contributed by atoms with van der Waals surface area (Å²) in [5, 5.41) is 0. The van der Waals surface area contributed by atoms with E-state index in [-0.39, 0.29) is 0 Å². The van der Waals surface area contributed by atoms with Crippen molar-refractivity contribution in [3.63, 3.8) is 0 Å². The predicted molar refractivity (Wildman–Crippen MR) is 161 cm³/mol. The van der Waals surface area contributed by atoms with Gasteiger partial charge in [-0.25, -0.2) is 0 Å². The van der Waals surface area contributed by atoms with E-state index < -0.39 is 0 Å². The molecule has 0 aliphatic heterocycles. The number of aliphatic imine (C=N–C) groups is 1. The molecule has 0 N–H and O–H groups in total. The molecule has 1 nitrogen and oxygen atoms in total. The van der Waals surface area contributed by atoms with Gasteiger partial charge in [0, 0.05) is 13.3 Å². The Morgan fingerprint density at radius 2 is 1.77 bits per heavy atom. The Hall–Kier alpha value is -2.15. The summed E-state index contributed by atoms with van der Waals surface area (Å²) in [4.78, 5) is 4.07. The van der Waals surface area contributed by atoms with Crippen molar-refractivity contribution < 1.29 is 0 Å². The third-order valence-corrected chi connectivity index (χ3v) is 7.29. The quantitative estimate of drug-likeness (QED) is 0.128. The second kappa shape index (κ2) is 17.3. The highest BCUT2D eigenvalue weighted by molar-refractivity contribution is 5.74. The predicted octanol–water partition coefficient (Wildman–Crippen LogP) is 10.4. The molecule has 35 heavy (non-hydrogen) atoms. The van der Waals surface area contributed by atoms with E-state index in [0.717, 1.165) is 0 Å². The first-order valence-corrected chi connectivity index (χ1v) is 14.0. The van der Waals surface area contributed by atoms with E-state index in [1.165, 1.54) is 96.8 Å². The number of rotatable bonds is 16. The van der Waals surface area contributed by atoms with Crippen LogP contribution in [0.5, 0.6) is 0 Å². The van der Waals surface area contributed by atoms with E-state index in [1.807, 2.05) is 13.3 Å². The number of aryl methyl sites for hydroxylation is 3. The Balaban J connectivity index is 2.56. The van der Waals surface area contributed by atoms with Gasteiger partial charge in [0.15, 0.2) is 0 Å². The Morgan fingerprint density at radius 1 is 1.06 bits per heavy atom. The van der Waals surface area contributed by atoms with E-state index >= 15 is 0 Å². The average Bonchev–Trinajstić information content (AvgIpc) is 2.82. The number of unbranched alkanes of at least 4 members (excludes halogenated alkanes) is 3. The largest absolute Gasteiger partial charge is 0.296 e. The van der Waals surface area contributed by atoms with Gasteiger partial charge in [-0.1, -0.05) is 95.4 Å². The molecule has 0 spiro atoms. The lowest BCUT2D eigenvalue weighted by Gasteiger charge is -2.27. The van der Waals surface area contributed by atoms with Crippen molar-refractivity contribution in [2.75, 3.05) is 7.05 Å². The Labute approximate surface area is 218 Å². The summed E-state index contributed by atoms with van der Waals surface area (Å²) in [7, 11) is 1.81. The lowest BCUT2D eigenvalue weighted by Crippen LogP contribution is -2.13. The molecule has 0 amide bonds. The van der Waals surface area contributed by atoms with Crippen molar-refractivity contribution in [3.8, 4) is 0 Å². The lowest BCUT2D eigenvalue weighted by molar-refractivity contribution is 0.385. The standard InChI is InChI=1S/C34H53N/c1-10-17-31(21-22-35-9)23-26(4)19-15-13-14-16-20-27(5)33(12-3)30(8)34-25-28(6)32(18-11-2)24-29(34)7/h10,17,21-25,27,33H,8,11-16,18-20H2,1-7,9H3/b17-10-,26-23+,31-21+,35-22?. The second-order valence-electron chi connectivity index (χ2n) is 10.4. The van der Waals surface area contributed by atoms with Gasteiger partial charge in [0.25, 0.3) is 0 Å². The van der Waals surface area contributed by atoms with Gasteiger partial charge in [-0.05, 0) is 105 Å². The molecular formula is C34H53N. The van der Waals surface area contributed by atoms with Crippen LogP contribution < -0.4 is 0 Å². The zero-order valence-electron chi connectivity index (χ0n) is 24.2. The molecule has 0 aliphatic rings. The fraction of sp³-hybridized carbons (Fsp3) is 0.559. The van der Waals surface area contributed by atoms with Crippen molar-refractivity contribution in [1.29, 1.82) is 0 Å². The molecule has 0 saturated heterocycles. The van der Waals surface area contributed by atoms with Gasteiger partial charge < -0.3 is 0 Å². The molecule has 2 atom stereocenters. The SMILES string of the molecule is C=C(c1cc(C)c(CCC)cc1C)C(CC)C(C)CCCCCC/C(C)=C/C(/C=C\C)=C/C=NC. The first-order valence-electron chi connectivity index (χ1n) is 14.0. The van der Waals surface area contributed by atoms with Crippen LogP contribution in [0.1, 0.15) is 108 Å². The highest BCUT2D eigenvalue weighted by Crippen LogP contribution is 2.35. The van der Waals surface area contributed by atoms with Crippen LogP contribution in [0.4, 0.5) is 0 Å². The normalized spacial score (nSPS) is 14.7. The highest BCUT2D eigenvalue weighted by Gasteiger charge is 2.21. The first-order chi connectivity index (χ1) is 16.8. The summed E-state index contributed by atoms with van der Waals surface area (Å²) >= 11 is 0. The summed E-state index contributed by atoms with van der Waals surface area (Å²) in [5.41, 5.74) is 9.73. The van der Waals surface area contributed by atoms with Crippen molar-refractivity contribution >= 4 is 11.8 Å². The number of hydrogen-bond acceptors (Lipinski definition) is 1. The van der Waals surface area contributed by atoms with Crippen LogP contribution in [0.15, 0.2) is 59.2 Å². The van der Waals surface area contributed by atoms with E-state index in [1.54, 1.807) is 0 Å². The van der Waals surface area contributed by atoms with Crippen LogP contribution in [-0.4, -0.2) is 13.3 Å². The van der Waals surface area contributed by atoms with E-state index in [2.05, 4.69) is 96.5 Å². The van der Waals surface area contributed by atoms with Gasteiger partial charge in [-0.2, -0.15) is 0 Å². The van der Waals surface area contributed by atoms with Gasteiger partial charge in [0.05, 0.1) is 0 Å². The minimum atomic E-state index is 0.568. The molecule has 0 saturated carbocycles. The maximum atomic E-state index is 4.60. The van der Waals surface area contributed by atoms with Crippen LogP contribution >= 0.6 is 0 Å². The molecule has 1 aromatic carbocycles.